The van der Waals surface area contributed by atoms with Crippen molar-refractivity contribution in [2.24, 2.45) is 0 Å². The molecule has 8 nitrogen and oxygen atoms in total. The molecule has 0 radical (unpaired) electrons. The molecule has 3 N–H and O–H groups in total. The summed E-state index contributed by atoms with van der Waals surface area (Å²) < 4.78 is 18.9. The first-order valence-corrected chi connectivity index (χ1v) is 10.9. The Balaban J connectivity index is 1.38. The Morgan fingerprint density at radius 1 is 1.09 bits per heavy atom. The van der Waals surface area contributed by atoms with Crippen LogP contribution in [0.5, 0.6) is 11.5 Å². The Kier molecular flexibility index (Phi) is 7.37. The summed E-state index contributed by atoms with van der Waals surface area (Å²) in [5.41, 5.74) is 2.10. The van der Waals surface area contributed by atoms with Crippen molar-refractivity contribution in [3.8, 4) is 23.0 Å². The van der Waals surface area contributed by atoms with Crippen molar-refractivity contribution < 1.29 is 23.8 Å². The van der Waals surface area contributed by atoms with Gasteiger partial charge in [0.25, 0.3) is 0 Å². The van der Waals surface area contributed by atoms with Gasteiger partial charge in [-0.3, -0.25) is 9.78 Å². The van der Waals surface area contributed by atoms with Gasteiger partial charge in [-0.05, 0) is 48.4 Å². The zero-order valence-corrected chi connectivity index (χ0v) is 19.1. The number of halogens is 2. The van der Waals surface area contributed by atoms with Gasteiger partial charge in [-0.2, -0.15) is 0 Å². The Morgan fingerprint density at radius 2 is 1.91 bits per heavy atom. The predicted octanol–water partition coefficient (Wildman–Crippen LogP) is 5.66. The number of aromatic amines is 1. The van der Waals surface area contributed by atoms with E-state index in [4.69, 9.17) is 21.4 Å². The van der Waals surface area contributed by atoms with E-state index in [9.17, 15) is 14.0 Å². The Hall–Kier alpha value is -4.24. The number of pyridine rings is 1. The van der Waals surface area contributed by atoms with Gasteiger partial charge in [-0.25, -0.2) is 14.2 Å². The third-order valence-corrected chi connectivity index (χ3v) is 5.40. The molecule has 0 aliphatic heterocycles. The van der Waals surface area contributed by atoms with E-state index in [0.717, 1.165) is 5.56 Å². The summed E-state index contributed by atoms with van der Waals surface area (Å²) >= 11 is 5.90. The van der Waals surface area contributed by atoms with E-state index in [1.807, 2.05) is 18.2 Å². The number of aryl methyl sites for hydroxylation is 1. The minimum absolute atomic E-state index is 0.0382. The molecule has 0 aliphatic rings. The van der Waals surface area contributed by atoms with Crippen molar-refractivity contribution in [2.75, 3.05) is 5.32 Å². The lowest BCUT2D eigenvalue weighted by Gasteiger charge is -2.09. The third-order valence-electron chi connectivity index (χ3n) is 5.03. The molecule has 0 atom stereocenters. The van der Waals surface area contributed by atoms with Crippen molar-refractivity contribution in [2.45, 2.75) is 19.5 Å². The van der Waals surface area contributed by atoms with Crippen molar-refractivity contribution in [1.29, 1.82) is 0 Å². The number of carboxylic acid groups (broad SMARTS) is 1. The van der Waals surface area contributed by atoms with Gasteiger partial charge in [0, 0.05) is 35.0 Å². The molecule has 178 valence electrons. The number of carboxylic acids is 1. The van der Waals surface area contributed by atoms with Gasteiger partial charge in [0.2, 0.25) is 5.91 Å². The topological polar surface area (TPSA) is 117 Å². The number of aromatic nitrogens is 3. The van der Waals surface area contributed by atoms with Crippen LogP contribution in [0.4, 0.5) is 10.1 Å². The van der Waals surface area contributed by atoms with Crippen LogP contribution in [0.15, 0.2) is 67.0 Å². The number of alkyl halides is 1. The zero-order valence-electron chi connectivity index (χ0n) is 18.3. The molecule has 1 amide bonds. The fourth-order valence-corrected chi connectivity index (χ4v) is 3.47. The number of carbonyl (C=O) groups excluding carboxylic acids is 1. The summed E-state index contributed by atoms with van der Waals surface area (Å²) in [5.74, 6) is 0.0493. The number of imidazole rings is 1. The average Bonchev–Trinajstić information content (AvgIpc) is 3.35. The minimum Gasteiger partial charge on any atom is -0.477 e. The van der Waals surface area contributed by atoms with E-state index in [0.29, 0.717) is 45.7 Å². The summed E-state index contributed by atoms with van der Waals surface area (Å²) in [6.07, 6.45) is 3.45. The maximum atomic E-state index is 13.0. The number of carbonyl (C=O) groups is 2. The quantitative estimate of drug-likeness (QED) is 0.276. The van der Waals surface area contributed by atoms with E-state index < -0.39 is 12.6 Å². The van der Waals surface area contributed by atoms with Crippen LogP contribution in [-0.4, -0.2) is 31.9 Å². The molecule has 0 aliphatic carbocycles. The molecule has 0 saturated heterocycles. The Bertz CT molecular complexity index is 1380. The summed E-state index contributed by atoms with van der Waals surface area (Å²) in [6, 6.07) is 15.3. The maximum absolute atomic E-state index is 13.0. The molecule has 0 bridgehead atoms. The second-order valence-corrected chi connectivity index (χ2v) is 7.97. The van der Waals surface area contributed by atoms with E-state index >= 15 is 0 Å². The SMILES string of the molecule is O=C(CCc1cccc(Oc2ccnc(-c3ncc(C(=O)O)[nH]3)c2)c1)Nc1ccc(Cl)c(CF)c1. The number of nitrogens with one attached hydrogen (secondary N) is 2. The highest BCUT2D eigenvalue weighted by Crippen LogP contribution is 2.26. The molecule has 0 saturated carbocycles. The van der Waals surface area contributed by atoms with Gasteiger partial charge >= 0.3 is 5.97 Å². The largest absolute Gasteiger partial charge is 0.477 e. The van der Waals surface area contributed by atoms with Gasteiger partial charge < -0.3 is 20.1 Å². The number of aromatic carboxylic acids is 1. The van der Waals surface area contributed by atoms with Gasteiger partial charge in [0.1, 0.15) is 29.6 Å². The van der Waals surface area contributed by atoms with Crippen LogP contribution in [-0.2, 0) is 17.9 Å². The number of hydrogen-bond donors (Lipinski definition) is 3. The van der Waals surface area contributed by atoms with Crippen molar-refractivity contribution in [3.05, 3.63) is 88.8 Å². The average molecular weight is 495 g/mol. The maximum Gasteiger partial charge on any atom is 0.353 e. The Morgan fingerprint density at radius 3 is 2.69 bits per heavy atom. The second kappa shape index (κ2) is 10.8. The molecule has 4 rings (SSSR count). The lowest BCUT2D eigenvalue weighted by atomic mass is 10.1. The van der Waals surface area contributed by atoms with Crippen LogP contribution < -0.4 is 10.1 Å². The molecule has 0 spiro atoms. The summed E-state index contributed by atoms with van der Waals surface area (Å²) in [6.45, 7) is -0.709. The lowest BCUT2D eigenvalue weighted by molar-refractivity contribution is -0.116. The number of hydrogen-bond acceptors (Lipinski definition) is 5. The van der Waals surface area contributed by atoms with Gasteiger partial charge in [-0.1, -0.05) is 23.7 Å². The number of H-pyrrole nitrogens is 1. The monoisotopic (exact) mass is 494 g/mol. The molecule has 10 heteroatoms. The molecule has 35 heavy (non-hydrogen) atoms. The summed E-state index contributed by atoms with van der Waals surface area (Å²) in [7, 11) is 0. The summed E-state index contributed by atoms with van der Waals surface area (Å²) in [5, 5.41) is 12.1. The number of anilines is 1. The molecule has 2 heterocycles. The number of benzene rings is 2. The third kappa shape index (κ3) is 6.21. The number of nitrogens with zero attached hydrogens (tertiary/aromatic N) is 2. The van der Waals surface area contributed by atoms with Crippen molar-refractivity contribution >= 4 is 29.2 Å². The number of amides is 1. The fraction of sp³-hybridized carbons (Fsp3) is 0.120. The second-order valence-electron chi connectivity index (χ2n) is 7.56. The molecule has 0 fully saturated rings. The van der Waals surface area contributed by atoms with E-state index in [-0.39, 0.29) is 18.0 Å². The first-order chi connectivity index (χ1) is 16.9. The molecule has 2 aromatic carbocycles. The van der Waals surface area contributed by atoms with Crippen molar-refractivity contribution in [3.63, 3.8) is 0 Å². The van der Waals surface area contributed by atoms with Crippen molar-refractivity contribution in [1.82, 2.24) is 15.0 Å². The highest BCUT2D eigenvalue weighted by atomic mass is 35.5. The van der Waals surface area contributed by atoms with Crippen LogP contribution in [0.25, 0.3) is 11.5 Å². The number of rotatable bonds is 9. The minimum atomic E-state index is -1.11. The standard InChI is InChI=1S/C25H20ClFN4O4/c26-20-6-5-17(11-16(20)13-27)30-23(32)7-4-15-2-1-3-18(10-15)35-19-8-9-28-21(12-19)24-29-14-22(31-24)25(33)34/h1-3,5-6,8-12,14H,4,7,13H2,(H,29,31)(H,30,32)(H,33,34). The predicted molar refractivity (Wildman–Crippen MR) is 129 cm³/mol. The molecule has 2 aromatic heterocycles. The summed E-state index contributed by atoms with van der Waals surface area (Å²) in [4.78, 5) is 34.3. The van der Waals surface area contributed by atoms with Crippen LogP contribution in [0.3, 0.4) is 0 Å². The van der Waals surface area contributed by atoms with Crippen LogP contribution in [0, 0.1) is 0 Å². The van der Waals surface area contributed by atoms with Crippen LogP contribution in [0.1, 0.15) is 28.0 Å². The lowest BCUT2D eigenvalue weighted by Crippen LogP contribution is -2.12. The van der Waals surface area contributed by atoms with Crippen LogP contribution in [0.2, 0.25) is 5.02 Å². The molecule has 0 unspecified atom stereocenters. The first kappa shape index (κ1) is 23.9. The smallest absolute Gasteiger partial charge is 0.353 e. The normalized spacial score (nSPS) is 10.7. The zero-order chi connectivity index (χ0) is 24.8. The molecular formula is C25H20ClFN4O4. The molecule has 4 aromatic rings. The highest BCUT2D eigenvalue weighted by Gasteiger charge is 2.11. The van der Waals surface area contributed by atoms with Crippen LogP contribution >= 0.6 is 11.6 Å². The van der Waals surface area contributed by atoms with E-state index in [1.165, 1.54) is 18.5 Å². The molecular weight excluding hydrogens is 475 g/mol. The van der Waals surface area contributed by atoms with Gasteiger partial charge in [0.05, 0.1) is 6.20 Å². The van der Waals surface area contributed by atoms with Gasteiger partial charge in [0.15, 0.2) is 5.82 Å². The Labute approximate surface area is 204 Å². The van der Waals surface area contributed by atoms with Gasteiger partial charge in [-0.15, -0.1) is 0 Å². The number of ether oxygens (including phenoxy) is 1. The fourth-order valence-electron chi connectivity index (χ4n) is 3.30. The van der Waals surface area contributed by atoms with E-state index in [2.05, 4.69) is 20.3 Å². The van der Waals surface area contributed by atoms with E-state index in [1.54, 1.807) is 30.3 Å². The first-order valence-electron chi connectivity index (χ1n) is 10.6. The highest BCUT2D eigenvalue weighted by molar-refractivity contribution is 6.31.